The van der Waals surface area contributed by atoms with Gasteiger partial charge in [-0.3, -0.25) is 4.79 Å². The predicted octanol–water partition coefficient (Wildman–Crippen LogP) is 6.78. The maximum Gasteiger partial charge on any atom is 0.417 e. The first kappa shape index (κ1) is 29.3. The third-order valence-electron chi connectivity index (χ3n) is 7.75. The number of ether oxygens (including phenoxy) is 1. The molecule has 2 heterocycles. The zero-order valence-corrected chi connectivity index (χ0v) is 23.7. The van der Waals surface area contributed by atoms with E-state index >= 15 is 0 Å². The summed E-state index contributed by atoms with van der Waals surface area (Å²) in [5.41, 5.74) is 0.485. The number of hydrogen-bond acceptors (Lipinski definition) is 5. The number of amides is 1. The molecule has 2 saturated heterocycles. The van der Waals surface area contributed by atoms with E-state index in [1.807, 2.05) is 18.2 Å². The summed E-state index contributed by atoms with van der Waals surface area (Å²) in [5, 5.41) is 0. The van der Waals surface area contributed by atoms with Crippen LogP contribution < -0.4 is 9.64 Å². The molecule has 0 spiro atoms. The highest BCUT2D eigenvalue weighted by atomic mass is 32.2. The van der Waals surface area contributed by atoms with Crippen LogP contribution in [0.1, 0.15) is 34.3 Å². The molecule has 3 aromatic rings. The number of alkyl halides is 3. The van der Waals surface area contributed by atoms with E-state index in [0.717, 1.165) is 49.0 Å². The summed E-state index contributed by atoms with van der Waals surface area (Å²) in [6, 6.07) is 18.7. The van der Waals surface area contributed by atoms with E-state index in [1.54, 1.807) is 19.1 Å². The Morgan fingerprint density at radius 2 is 1.63 bits per heavy atom. The minimum absolute atomic E-state index is 0.210. The number of anilines is 1. The van der Waals surface area contributed by atoms with Gasteiger partial charge in [-0.25, -0.2) is 8.70 Å². The van der Waals surface area contributed by atoms with Crippen LogP contribution in [0.15, 0.2) is 71.6 Å². The molecule has 2 fully saturated rings. The van der Waals surface area contributed by atoms with Crippen molar-refractivity contribution in [2.45, 2.75) is 30.3 Å². The molecule has 41 heavy (non-hydrogen) atoms. The van der Waals surface area contributed by atoms with Crippen molar-refractivity contribution >= 4 is 23.5 Å². The normalized spacial score (nSPS) is 17.1. The summed E-state index contributed by atoms with van der Waals surface area (Å²) in [6.07, 6.45) is -1.36. The van der Waals surface area contributed by atoms with Gasteiger partial charge in [0.1, 0.15) is 11.6 Å². The Labute approximate surface area is 242 Å². The standard InChI is InChI=1S/C31H33F4N3O2S/c1-40-29-10-8-25(41-38-13-11-23(12-14-38)19-22-5-3-2-4-6-22)21-28(29)36-15-17-37(18-16-36)30(39)26-20-24(32)7-9-27(26)31(33,34)35/h2-10,20-21,23H,11-19H2,1H3. The van der Waals surface area contributed by atoms with Gasteiger partial charge in [-0.15, -0.1) is 0 Å². The van der Waals surface area contributed by atoms with Crippen LogP contribution in [0.2, 0.25) is 0 Å². The van der Waals surface area contributed by atoms with E-state index < -0.39 is 29.0 Å². The van der Waals surface area contributed by atoms with Gasteiger partial charge in [0.15, 0.2) is 0 Å². The molecule has 0 radical (unpaired) electrons. The fourth-order valence-corrected chi connectivity index (χ4v) is 6.52. The summed E-state index contributed by atoms with van der Waals surface area (Å²) in [7, 11) is 1.60. The zero-order chi connectivity index (χ0) is 29.0. The molecule has 10 heteroatoms. The molecule has 3 aromatic carbocycles. The third-order valence-corrected chi connectivity index (χ3v) is 8.84. The Balaban J connectivity index is 1.20. The van der Waals surface area contributed by atoms with Crippen molar-refractivity contribution in [1.82, 2.24) is 9.21 Å². The average molecular weight is 588 g/mol. The van der Waals surface area contributed by atoms with Gasteiger partial charge in [0, 0.05) is 44.2 Å². The van der Waals surface area contributed by atoms with Gasteiger partial charge < -0.3 is 14.5 Å². The Kier molecular flexibility index (Phi) is 9.09. The van der Waals surface area contributed by atoms with Crippen LogP contribution in [0.5, 0.6) is 5.75 Å². The van der Waals surface area contributed by atoms with Crippen LogP contribution in [0.25, 0.3) is 0 Å². The smallest absolute Gasteiger partial charge is 0.417 e. The second kappa shape index (κ2) is 12.7. The van der Waals surface area contributed by atoms with Gasteiger partial charge in [0.25, 0.3) is 5.91 Å². The van der Waals surface area contributed by atoms with Crippen molar-refractivity contribution in [2.75, 3.05) is 51.3 Å². The first-order chi connectivity index (χ1) is 19.7. The molecule has 0 atom stereocenters. The van der Waals surface area contributed by atoms with Gasteiger partial charge in [0.05, 0.1) is 23.9 Å². The highest BCUT2D eigenvalue weighted by molar-refractivity contribution is 7.97. The fraction of sp³-hybridized carbons (Fsp3) is 0.387. The molecule has 218 valence electrons. The van der Waals surface area contributed by atoms with Gasteiger partial charge in [-0.1, -0.05) is 30.3 Å². The van der Waals surface area contributed by atoms with Gasteiger partial charge in [-0.2, -0.15) is 13.2 Å². The Morgan fingerprint density at radius 3 is 2.29 bits per heavy atom. The quantitative estimate of drug-likeness (QED) is 0.225. The Bertz CT molecular complexity index is 1340. The first-order valence-electron chi connectivity index (χ1n) is 13.8. The van der Waals surface area contributed by atoms with Crippen molar-refractivity contribution < 1.29 is 27.1 Å². The summed E-state index contributed by atoms with van der Waals surface area (Å²) in [4.78, 5) is 17.5. The third kappa shape index (κ3) is 7.16. The molecule has 2 aliphatic heterocycles. The van der Waals surface area contributed by atoms with E-state index in [9.17, 15) is 22.4 Å². The van der Waals surface area contributed by atoms with Crippen molar-refractivity contribution in [2.24, 2.45) is 5.92 Å². The second-order valence-electron chi connectivity index (χ2n) is 10.5. The lowest BCUT2D eigenvalue weighted by molar-refractivity contribution is -0.138. The molecule has 1 amide bonds. The van der Waals surface area contributed by atoms with Crippen molar-refractivity contribution in [3.8, 4) is 5.75 Å². The van der Waals surface area contributed by atoms with Crippen molar-refractivity contribution in [3.05, 3.63) is 89.2 Å². The lowest BCUT2D eigenvalue weighted by Crippen LogP contribution is -2.49. The van der Waals surface area contributed by atoms with Crippen LogP contribution in [-0.2, 0) is 12.6 Å². The predicted molar refractivity (Wildman–Crippen MR) is 153 cm³/mol. The van der Waals surface area contributed by atoms with Crippen LogP contribution >= 0.6 is 11.9 Å². The molecule has 5 rings (SSSR count). The lowest BCUT2D eigenvalue weighted by atomic mass is 9.91. The number of benzene rings is 3. The average Bonchev–Trinajstić information content (AvgIpc) is 2.98. The minimum atomic E-state index is -4.75. The zero-order valence-electron chi connectivity index (χ0n) is 22.9. The second-order valence-corrected chi connectivity index (χ2v) is 11.6. The number of carbonyl (C=O) groups excluding carboxylic acids is 1. The fourth-order valence-electron chi connectivity index (χ4n) is 5.54. The van der Waals surface area contributed by atoms with Gasteiger partial charge in [0.2, 0.25) is 0 Å². The number of nitrogens with zero attached hydrogens (tertiary/aromatic N) is 3. The van der Waals surface area contributed by atoms with Crippen LogP contribution in [0.3, 0.4) is 0 Å². The maximum absolute atomic E-state index is 13.8. The number of hydrogen-bond donors (Lipinski definition) is 0. The Hall–Kier alpha value is -3.24. The van der Waals surface area contributed by atoms with E-state index in [-0.39, 0.29) is 13.1 Å². The molecule has 0 bridgehead atoms. The first-order valence-corrected chi connectivity index (χ1v) is 14.5. The minimum Gasteiger partial charge on any atom is -0.495 e. The molecule has 0 aliphatic carbocycles. The number of piperidine rings is 1. The number of halogens is 4. The lowest BCUT2D eigenvalue weighted by Gasteiger charge is -2.37. The molecule has 2 aliphatic rings. The van der Waals surface area contributed by atoms with Crippen LogP contribution in [0.4, 0.5) is 23.2 Å². The van der Waals surface area contributed by atoms with E-state index in [4.69, 9.17) is 4.74 Å². The molecular formula is C31H33F4N3O2S. The highest BCUT2D eigenvalue weighted by Crippen LogP contribution is 2.37. The summed E-state index contributed by atoms with van der Waals surface area (Å²) in [5.74, 6) is -0.317. The van der Waals surface area contributed by atoms with Crippen LogP contribution in [0, 0.1) is 11.7 Å². The summed E-state index contributed by atoms with van der Waals surface area (Å²) in [6.45, 7) is 3.26. The molecule has 0 saturated carbocycles. The molecule has 0 N–H and O–H groups in total. The number of piperazine rings is 1. The maximum atomic E-state index is 13.8. The van der Waals surface area contributed by atoms with Gasteiger partial charge in [-0.05, 0) is 79.1 Å². The van der Waals surface area contributed by atoms with Crippen LogP contribution in [-0.4, -0.2) is 61.5 Å². The molecule has 0 aromatic heterocycles. The van der Waals surface area contributed by atoms with Crippen molar-refractivity contribution in [3.63, 3.8) is 0 Å². The van der Waals surface area contributed by atoms with E-state index in [2.05, 4.69) is 39.5 Å². The van der Waals surface area contributed by atoms with E-state index in [1.165, 1.54) is 10.5 Å². The molecule has 5 nitrogen and oxygen atoms in total. The monoisotopic (exact) mass is 587 g/mol. The molecular weight excluding hydrogens is 554 g/mol. The highest BCUT2D eigenvalue weighted by Gasteiger charge is 2.37. The topological polar surface area (TPSA) is 36.0 Å². The summed E-state index contributed by atoms with van der Waals surface area (Å²) >= 11 is 1.72. The summed E-state index contributed by atoms with van der Waals surface area (Å²) < 4.78 is 62.2. The SMILES string of the molecule is COc1ccc(SN2CCC(Cc3ccccc3)CC2)cc1N1CCN(C(=O)c2cc(F)ccc2C(F)(F)F)CC1. The van der Waals surface area contributed by atoms with E-state index in [0.29, 0.717) is 36.9 Å². The number of rotatable bonds is 7. The Morgan fingerprint density at radius 1 is 0.927 bits per heavy atom. The van der Waals surface area contributed by atoms with Crippen molar-refractivity contribution in [1.29, 1.82) is 0 Å². The number of carbonyl (C=O) groups is 1. The van der Waals surface area contributed by atoms with Gasteiger partial charge >= 0.3 is 6.18 Å². The number of methoxy groups -OCH3 is 1. The molecule has 0 unspecified atom stereocenters. The largest absolute Gasteiger partial charge is 0.495 e.